The van der Waals surface area contributed by atoms with Crippen molar-refractivity contribution in [2.75, 3.05) is 26.7 Å². The van der Waals surface area contributed by atoms with Gasteiger partial charge in [0.1, 0.15) is 0 Å². The quantitative estimate of drug-likeness (QED) is 0.561. The SMILES string of the molecule is COC(=O)CN1CC(=O)NC(C)C1. The molecule has 1 fully saturated rings. The van der Waals surface area contributed by atoms with E-state index in [2.05, 4.69) is 10.1 Å². The topological polar surface area (TPSA) is 58.6 Å². The van der Waals surface area contributed by atoms with Gasteiger partial charge in [-0.15, -0.1) is 0 Å². The van der Waals surface area contributed by atoms with Gasteiger partial charge in [-0.25, -0.2) is 0 Å². The molecule has 74 valence electrons. The molecule has 1 rings (SSSR count). The van der Waals surface area contributed by atoms with E-state index in [1.807, 2.05) is 6.92 Å². The lowest BCUT2D eigenvalue weighted by atomic mass is 10.2. The number of hydrogen-bond acceptors (Lipinski definition) is 4. The Hall–Kier alpha value is -1.10. The lowest BCUT2D eigenvalue weighted by molar-refractivity contribution is -0.142. The molecule has 1 amide bonds. The number of esters is 1. The van der Waals surface area contributed by atoms with Gasteiger partial charge in [0, 0.05) is 12.6 Å². The van der Waals surface area contributed by atoms with Gasteiger partial charge in [0.25, 0.3) is 0 Å². The average molecular weight is 186 g/mol. The largest absolute Gasteiger partial charge is 0.468 e. The van der Waals surface area contributed by atoms with Crippen LogP contribution < -0.4 is 5.32 Å². The van der Waals surface area contributed by atoms with Crippen LogP contribution in [0.3, 0.4) is 0 Å². The molecule has 5 heteroatoms. The summed E-state index contributed by atoms with van der Waals surface area (Å²) in [6.45, 7) is 3.07. The first-order chi connectivity index (χ1) is 6.11. The van der Waals surface area contributed by atoms with E-state index < -0.39 is 0 Å². The second-order valence-corrected chi connectivity index (χ2v) is 3.21. The molecule has 0 aromatic carbocycles. The molecule has 5 nitrogen and oxygen atoms in total. The number of hydrogen-bond donors (Lipinski definition) is 1. The monoisotopic (exact) mass is 186 g/mol. The molecule has 1 saturated heterocycles. The molecule has 1 aliphatic heterocycles. The Morgan fingerprint density at radius 2 is 2.46 bits per heavy atom. The van der Waals surface area contributed by atoms with Crippen molar-refractivity contribution in [3.8, 4) is 0 Å². The van der Waals surface area contributed by atoms with Crippen LogP contribution in [0.1, 0.15) is 6.92 Å². The Kier molecular flexibility index (Phi) is 3.25. The number of rotatable bonds is 2. The number of ether oxygens (including phenoxy) is 1. The third-order valence-electron chi connectivity index (χ3n) is 1.89. The van der Waals surface area contributed by atoms with E-state index in [0.29, 0.717) is 6.54 Å². The van der Waals surface area contributed by atoms with E-state index in [1.165, 1.54) is 7.11 Å². The van der Waals surface area contributed by atoms with Crippen LogP contribution in [0, 0.1) is 0 Å². The molecular weight excluding hydrogens is 172 g/mol. The average Bonchev–Trinajstić information content (AvgIpc) is 2.02. The molecule has 1 heterocycles. The van der Waals surface area contributed by atoms with Gasteiger partial charge in [-0.05, 0) is 6.92 Å². The fraction of sp³-hybridized carbons (Fsp3) is 0.750. The Morgan fingerprint density at radius 1 is 1.77 bits per heavy atom. The molecule has 1 atom stereocenters. The Labute approximate surface area is 77.0 Å². The van der Waals surface area contributed by atoms with E-state index in [9.17, 15) is 9.59 Å². The smallest absolute Gasteiger partial charge is 0.319 e. The zero-order chi connectivity index (χ0) is 9.84. The third-order valence-corrected chi connectivity index (χ3v) is 1.89. The first-order valence-corrected chi connectivity index (χ1v) is 4.20. The summed E-state index contributed by atoms with van der Waals surface area (Å²) in [6, 6.07) is 0.103. The highest BCUT2D eigenvalue weighted by Gasteiger charge is 2.22. The maximum absolute atomic E-state index is 11.0. The van der Waals surface area contributed by atoms with Gasteiger partial charge in [-0.3, -0.25) is 14.5 Å². The van der Waals surface area contributed by atoms with E-state index in [1.54, 1.807) is 4.90 Å². The van der Waals surface area contributed by atoms with Crippen molar-refractivity contribution in [1.82, 2.24) is 10.2 Å². The van der Waals surface area contributed by atoms with Crippen molar-refractivity contribution in [2.24, 2.45) is 0 Å². The molecule has 1 N–H and O–H groups in total. The van der Waals surface area contributed by atoms with Gasteiger partial charge in [0.05, 0.1) is 20.2 Å². The maximum Gasteiger partial charge on any atom is 0.319 e. The van der Waals surface area contributed by atoms with Crippen molar-refractivity contribution in [3.05, 3.63) is 0 Å². The lowest BCUT2D eigenvalue weighted by Crippen LogP contribution is -2.53. The number of piperazine rings is 1. The highest BCUT2D eigenvalue weighted by atomic mass is 16.5. The van der Waals surface area contributed by atoms with E-state index in [4.69, 9.17) is 0 Å². The van der Waals surface area contributed by atoms with Gasteiger partial charge in [0.15, 0.2) is 0 Å². The molecular formula is C8H14N2O3. The molecule has 0 saturated carbocycles. The summed E-state index contributed by atoms with van der Waals surface area (Å²) in [5.74, 6) is -0.343. The Balaban J connectivity index is 2.41. The van der Waals surface area contributed by atoms with Crippen LogP contribution in [0.2, 0.25) is 0 Å². The molecule has 13 heavy (non-hydrogen) atoms. The maximum atomic E-state index is 11.0. The second-order valence-electron chi connectivity index (χ2n) is 3.21. The Morgan fingerprint density at radius 3 is 3.00 bits per heavy atom. The normalized spacial score (nSPS) is 23.8. The minimum absolute atomic E-state index is 0.0392. The van der Waals surface area contributed by atoms with Crippen molar-refractivity contribution < 1.29 is 14.3 Å². The number of carbonyl (C=O) groups is 2. The standard InChI is InChI=1S/C8H14N2O3/c1-6-3-10(4-7(11)9-6)5-8(12)13-2/h6H,3-5H2,1-2H3,(H,9,11). The highest BCUT2D eigenvalue weighted by Crippen LogP contribution is 1.99. The predicted octanol–water partition coefficient (Wildman–Crippen LogP) is -1.02. The fourth-order valence-electron chi connectivity index (χ4n) is 1.39. The first kappa shape index (κ1) is 9.98. The van der Waals surface area contributed by atoms with Gasteiger partial charge >= 0.3 is 5.97 Å². The van der Waals surface area contributed by atoms with Crippen molar-refractivity contribution in [1.29, 1.82) is 0 Å². The van der Waals surface area contributed by atoms with Crippen LogP contribution in [0.4, 0.5) is 0 Å². The predicted molar refractivity (Wildman–Crippen MR) is 46.1 cm³/mol. The number of amides is 1. The molecule has 0 aromatic rings. The van der Waals surface area contributed by atoms with E-state index >= 15 is 0 Å². The fourth-order valence-corrected chi connectivity index (χ4v) is 1.39. The lowest BCUT2D eigenvalue weighted by Gasteiger charge is -2.29. The molecule has 0 spiro atoms. The van der Waals surface area contributed by atoms with Crippen LogP contribution >= 0.6 is 0 Å². The molecule has 1 aliphatic rings. The minimum atomic E-state index is -0.304. The van der Waals surface area contributed by atoms with Crippen molar-refractivity contribution >= 4 is 11.9 Å². The summed E-state index contributed by atoms with van der Waals surface area (Å²) in [6.07, 6.45) is 0. The van der Waals surface area contributed by atoms with Crippen molar-refractivity contribution in [3.63, 3.8) is 0 Å². The first-order valence-electron chi connectivity index (χ1n) is 4.20. The van der Waals surface area contributed by atoms with Gasteiger partial charge < -0.3 is 10.1 Å². The van der Waals surface area contributed by atoms with E-state index in [0.717, 1.165) is 0 Å². The molecule has 0 bridgehead atoms. The van der Waals surface area contributed by atoms with E-state index in [-0.39, 0.29) is 31.0 Å². The number of nitrogens with zero attached hydrogens (tertiary/aromatic N) is 1. The number of carbonyl (C=O) groups excluding carboxylic acids is 2. The Bertz CT molecular complexity index is 217. The van der Waals surface area contributed by atoms with Gasteiger partial charge in [-0.2, -0.15) is 0 Å². The number of nitrogens with one attached hydrogen (secondary N) is 1. The second kappa shape index (κ2) is 4.23. The summed E-state index contributed by atoms with van der Waals surface area (Å²) in [7, 11) is 1.34. The van der Waals surface area contributed by atoms with Gasteiger partial charge in [-0.1, -0.05) is 0 Å². The van der Waals surface area contributed by atoms with Crippen molar-refractivity contribution in [2.45, 2.75) is 13.0 Å². The van der Waals surface area contributed by atoms with Crippen LogP contribution in [0.15, 0.2) is 0 Å². The van der Waals surface area contributed by atoms with Gasteiger partial charge in [0.2, 0.25) is 5.91 Å². The molecule has 0 aromatic heterocycles. The summed E-state index contributed by atoms with van der Waals surface area (Å²) in [5.41, 5.74) is 0. The van der Waals surface area contributed by atoms with Crippen LogP contribution in [0.25, 0.3) is 0 Å². The van der Waals surface area contributed by atoms with Crippen LogP contribution in [-0.2, 0) is 14.3 Å². The summed E-state index contributed by atoms with van der Waals surface area (Å²) in [4.78, 5) is 23.7. The summed E-state index contributed by atoms with van der Waals surface area (Å²) >= 11 is 0. The highest BCUT2D eigenvalue weighted by molar-refractivity contribution is 5.80. The molecule has 1 unspecified atom stereocenters. The zero-order valence-corrected chi connectivity index (χ0v) is 7.87. The van der Waals surface area contributed by atoms with Crippen LogP contribution in [-0.4, -0.2) is 49.6 Å². The third kappa shape index (κ3) is 3.02. The summed E-state index contributed by atoms with van der Waals surface area (Å²) in [5, 5.41) is 2.77. The molecule has 0 radical (unpaired) electrons. The molecule has 0 aliphatic carbocycles. The zero-order valence-electron chi connectivity index (χ0n) is 7.87. The number of methoxy groups -OCH3 is 1. The minimum Gasteiger partial charge on any atom is -0.468 e. The van der Waals surface area contributed by atoms with Crippen LogP contribution in [0.5, 0.6) is 0 Å². The summed E-state index contributed by atoms with van der Waals surface area (Å²) < 4.78 is 4.51.